The van der Waals surface area contributed by atoms with Gasteiger partial charge < -0.3 is 5.73 Å². The summed E-state index contributed by atoms with van der Waals surface area (Å²) in [5.41, 5.74) is 9.99. The van der Waals surface area contributed by atoms with Gasteiger partial charge in [-0.05, 0) is 43.4 Å². The largest absolute Gasteiger partial charge is 0.384 e. The summed E-state index contributed by atoms with van der Waals surface area (Å²) >= 11 is 1.33. The zero-order chi connectivity index (χ0) is 14.8. The average molecular weight is 299 g/mol. The number of anilines is 1. The fraction of sp³-hybridized carbons (Fsp3) is 0.312. The van der Waals surface area contributed by atoms with Crippen LogP contribution in [0.1, 0.15) is 33.6 Å². The summed E-state index contributed by atoms with van der Waals surface area (Å²) in [4.78, 5) is 20.7. The minimum absolute atomic E-state index is 0.110. The summed E-state index contributed by atoms with van der Waals surface area (Å²) in [5, 5.41) is 0.557. The summed E-state index contributed by atoms with van der Waals surface area (Å²) in [6.07, 6.45) is 3.41. The van der Waals surface area contributed by atoms with Gasteiger partial charge in [0.05, 0.1) is 5.75 Å². The minimum atomic E-state index is 0.110. The highest BCUT2D eigenvalue weighted by Crippen LogP contribution is 2.24. The molecule has 0 spiro atoms. The van der Waals surface area contributed by atoms with E-state index in [9.17, 15) is 4.79 Å². The lowest BCUT2D eigenvalue weighted by molar-refractivity contribution is 0.102. The molecule has 4 nitrogen and oxygen atoms in total. The van der Waals surface area contributed by atoms with Gasteiger partial charge in [0.2, 0.25) is 0 Å². The van der Waals surface area contributed by atoms with Crippen molar-refractivity contribution in [2.45, 2.75) is 31.3 Å². The molecule has 2 aromatic rings. The van der Waals surface area contributed by atoms with Gasteiger partial charge in [0.15, 0.2) is 10.9 Å². The summed E-state index contributed by atoms with van der Waals surface area (Å²) in [6.45, 7) is 1.87. The van der Waals surface area contributed by atoms with E-state index in [0.29, 0.717) is 16.7 Å². The Balaban J connectivity index is 1.69. The van der Waals surface area contributed by atoms with Crippen molar-refractivity contribution < 1.29 is 4.79 Å². The second-order valence-electron chi connectivity index (χ2n) is 5.27. The van der Waals surface area contributed by atoms with Crippen LogP contribution in [0.5, 0.6) is 0 Å². The van der Waals surface area contributed by atoms with Gasteiger partial charge in [-0.3, -0.25) is 4.79 Å². The maximum atomic E-state index is 12.3. The van der Waals surface area contributed by atoms with Crippen LogP contribution < -0.4 is 5.73 Å². The molecule has 5 heteroatoms. The van der Waals surface area contributed by atoms with E-state index in [-0.39, 0.29) is 5.78 Å². The van der Waals surface area contributed by atoms with E-state index < -0.39 is 0 Å². The first-order valence-corrected chi connectivity index (χ1v) is 7.99. The smallest absolute Gasteiger partial charge is 0.190 e. The van der Waals surface area contributed by atoms with E-state index in [1.807, 2.05) is 19.1 Å². The van der Waals surface area contributed by atoms with Crippen molar-refractivity contribution in [2.24, 2.45) is 0 Å². The molecule has 1 heterocycles. The van der Waals surface area contributed by atoms with Gasteiger partial charge in [-0.1, -0.05) is 23.9 Å². The fourth-order valence-electron chi connectivity index (χ4n) is 2.59. The Morgan fingerprint density at radius 1 is 1.24 bits per heavy atom. The number of ketones is 1. The zero-order valence-corrected chi connectivity index (χ0v) is 12.7. The molecule has 0 amide bonds. The van der Waals surface area contributed by atoms with E-state index >= 15 is 0 Å². The lowest BCUT2D eigenvalue weighted by Gasteiger charge is -2.05. The van der Waals surface area contributed by atoms with Crippen LogP contribution in [0.2, 0.25) is 0 Å². The predicted octanol–water partition coefficient (Wildman–Crippen LogP) is 2.83. The normalized spacial score (nSPS) is 13.2. The van der Waals surface area contributed by atoms with Gasteiger partial charge in [-0.15, -0.1) is 0 Å². The average Bonchev–Trinajstić information content (AvgIpc) is 2.91. The number of carbonyl (C=O) groups excluding carboxylic acids is 1. The molecule has 0 atom stereocenters. The molecule has 0 unspecified atom stereocenters. The number of Topliss-reactive ketones (excluding diaryl/α,β-unsaturated/α-hetero) is 1. The second kappa shape index (κ2) is 5.85. The number of aromatic nitrogens is 2. The third-order valence-corrected chi connectivity index (χ3v) is 4.45. The Morgan fingerprint density at radius 3 is 2.86 bits per heavy atom. The van der Waals surface area contributed by atoms with Gasteiger partial charge in [-0.2, -0.15) is 0 Å². The first-order chi connectivity index (χ1) is 10.1. The van der Waals surface area contributed by atoms with Crippen molar-refractivity contribution >= 4 is 23.4 Å². The number of rotatable bonds is 4. The first kappa shape index (κ1) is 14.1. The van der Waals surface area contributed by atoms with Gasteiger partial charge in [-0.25, -0.2) is 9.97 Å². The van der Waals surface area contributed by atoms with Crippen molar-refractivity contribution in [1.82, 2.24) is 9.97 Å². The molecular formula is C16H17N3OS. The number of hydrogen-bond acceptors (Lipinski definition) is 5. The molecule has 0 fully saturated rings. The van der Waals surface area contributed by atoms with Crippen LogP contribution in [0.4, 0.5) is 5.82 Å². The Bertz CT molecular complexity index is 680. The molecule has 0 saturated heterocycles. The Hall–Kier alpha value is -1.88. The molecular weight excluding hydrogens is 282 g/mol. The number of nitrogens with two attached hydrogens (primary N) is 1. The molecule has 1 aliphatic carbocycles. The molecule has 1 aromatic carbocycles. The number of carbonyl (C=O) groups is 1. The Kier molecular flexibility index (Phi) is 3.92. The highest BCUT2D eigenvalue weighted by atomic mass is 32.2. The lowest BCUT2D eigenvalue weighted by atomic mass is 10.0. The summed E-state index contributed by atoms with van der Waals surface area (Å²) in [6, 6.07) is 7.77. The van der Waals surface area contributed by atoms with Gasteiger partial charge in [0.25, 0.3) is 0 Å². The molecule has 0 aliphatic heterocycles. The molecule has 0 radical (unpaired) electrons. The molecule has 0 saturated carbocycles. The van der Waals surface area contributed by atoms with E-state index in [4.69, 9.17) is 5.73 Å². The van der Waals surface area contributed by atoms with Crippen LogP contribution in [-0.4, -0.2) is 21.5 Å². The predicted molar refractivity (Wildman–Crippen MR) is 84.7 cm³/mol. The fourth-order valence-corrected chi connectivity index (χ4v) is 3.39. The van der Waals surface area contributed by atoms with Crippen LogP contribution in [0, 0.1) is 6.92 Å². The van der Waals surface area contributed by atoms with Gasteiger partial charge in [0.1, 0.15) is 5.82 Å². The topological polar surface area (TPSA) is 68.9 Å². The third-order valence-electron chi connectivity index (χ3n) is 3.61. The lowest BCUT2D eigenvalue weighted by Crippen LogP contribution is -2.05. The summed E-state index contributed by atoms with van der Waals surface area (Å²) in [5.74, 6) is 0.884. The number of benzene rings is 1. The molecule has 2 N–H and O–H groups in total. The summed E-state index contributed by atoms with van der Waals surface area (Å²) in [7, 11) is 0. The highest BCUT2D eigenvalue weighted by Gasteiger charge is 2.14. The van der Waals surface area contributed by atoms with Crippen LogP contribution in [0.15, 0.2) is 29.4 Å². The van der Waals surface area contributed by atoms with Crippen LogP contribution in [-0.2, 0) is 12.8 Å². The third kappa shape index (κ3) is 3.24. The van der Waals surface area contributed by atoms with Crippen molar-refractivity contribution in [3.05, 3.63) is 46.6 Å². The Morgan fingerprint density at radius 2 is 2.05 bits per heavy atom. The SMILES string of the molecule is Cc1cc(N)nc(SCC(=O)c2ccc3c(c2)CCC3)n1. The van der Waals surface area contributed by atoms with Crippen molar-refractivity contribution in [3.63, 3.8) is 0 Å². The number of aryl methyl sites for hydroxylation is 3. The number of nitrogens with zero attached hydrogens (tertiary/aromatic N) is 2. The number of thioether (sulfide) groups is 1. The van der Waals surface area contributed by atoms with Crippen molar-refractivity contribution in [2.75, 3.05) is 11.5 Å². The van der Waals surface area contributed by atoms with E-state index in [1.165, 1.54) is 29.3 Å². The molecule has 3 rings (SSSR count). The maximum Gasteiger partial charge on any atom is 0.190 e. The number of fused-ring (bicyclic) bond motifs is 1. The summed E-state index contributed by atoms with van der Waals surface area (Å²) < 4.78 is 0. The molecule has 0 bridgehead atoms. The van der Waals surface area contributed by atoms with Gasteiger partial charge >= 0.3 is 0 Å². The van der Waals surface area contributed by atoms with E-state index in [2.05, 4.69) is 16.0 Å². The molecule has 1 aromatic heterocycles. The standard InChI is InChI=1S/C16H17N3OS/c1-10-7-15(17)19-16(18-10)21-9-14(20)13-6-5-11-3-2-4-12(11)8-13/h5-8H,2-4,9H2,1H3,(H2,17,18,19). The monoisotopic (exact) mass is 299 g/mol. The van der Waals surface area contributed by atoms with Crippen molar-refractivity contribution in [3.8, 4) is 0 Å². The van der Waals surface area contributed by atoms with Gasteiger partial charge in [0, 0.05) is 17.3 Å². The number of nitrogen functional groups attached to an aromatic ring is 1. The van der Waals surface area contributed by atoms with E-state index in [1.54, 1.807) is 6.07 Å². The van der Waals surface area contributed by atoms with Crippen LogP contribution in [0.3, 0.4) is 0 Å². The second-order valence-corrected chi connectivity index (χ2v) is 6.21. The van der Waals surface area contributed by atoms with Crippen LogP contribution in [0.25, 0.3) is 0 Å². The molecule has 21 heavy (non-hydrogen) atoms. The van der Waals surface area contributed by atoms with E-state index in [0.717, 1.165) is 24.1 Å². The Labute approximate surface area is 128 Å². The zero-order valence-electron chi connectivity index (χ0n) is 11.9. The van der Waals surface area contributed by atoms with Crippen molar-refractivity contribution in [1.29, 1.82) is 0 Å². The number of hydrogen-bond donors (Lipinski definition) is 1. The quantitative estimate of drug-likeness (QED) is 0.534. The highest BCUT2D eigenvalue weighted by molar-refractivity contribution is 7.99. The minimum Gasteiger partial charge on any atom is -0.384 e. The van der Waals surface area contributed by atoms with Crippen LogP contribution >= 0.6 is 11.8 Å². The molecule has 108 valence electrons. The maximum absolute atomic E-state index is 12.3. The first-order valence-electron chi connectivity index (χ1n) is 7.01. The molecule has 1 aliphatic rings.